The quantitative estimate of drug-likeness (QED) is 0.437. The van der Waals surface area contributed by atoms with Crippen molar-refractivity contribution in [1.29, 1.82) is 0 Å². The Morgan fingerprint density at radius 3 is 2.56 bits per heavy atom. The Morgan fingerprint density at radius 1 is 1.18 bits per heavy atom. The van der Waals surface area contributed by atoms with E-state index in [1.165, 1.54) is 22.9 Å². The predicted octanol–water partition coefficient (Wildman–Crippen LogP) is 3.23. The number of fused-ring (bicyclic) bond motifs is 1. The van der Waals surface area contributed by atoms with Crippen molar-refractivity contribution in [3.8, 4) is 5.75 Å². The number of benzene rings is 2. The number of carbonyl (C=O) groups excluding carboxylic acids is 1. The number of hydrogen-bond donors (Lipinski definition) is 2. The fourth-order valence-corrected chi connectivity index (χ4v) is 4.83. The smallest absolute Gasteiger partial charge is 0.271 e. The molecule has 2 N–H and O–H groups in total. The first kappa shape index (κ1) is 27.4. The highest BCUT2D eigenvalue weighted by atomic mass is 35.5. The lowest BCUT2D eigenvalue weighted by Gasteiger charge is -2.35. The number of aryl methyl sites for hydroxylation is 1. The molecule has 1 amide bonds. The summed E-state index contributed by atoms with van der Waals surface area (Å²) in [6, 6.07) is 6.23. The van der Waals surface area contributed by atoms with E-state index >= 15 is 0 Å². The van der Waals surface area contributed by atoms with Crippen LogP contribution in [0.5, 0.6) is 5.75 Å². The maximum atomic E-state index is 14.1. The van der Waals surface area contributed by atoms with Crippen molar-refractivity contribution in [2.75, 3.05) is 39.3 Å². The Morgan fingerprint density at radius 2 is 1.90 bits per heavy atom. The van der Waals surface area contributed by atoms with E-state index in [2.05, 4.69) is 5.43 Å². The summed E-state index contributed by atoms with van der Waals surface area (Å²) in [5.41, 5.74) is 2.61. The molecule has 1 saturated carbocycles. The van der Waals surface area contributed by atoms with Crippen LogP contribution in [0, 0.1) is 18.6 Å². The fourth-order valence-electron chi connectivity index (χ4n) is 4.67. The summed E-state index contributed by atoms with van der Waals surface area (Å²) in [7, 11) is 0. The molecule has 2 unspecified atom stereocenters. The number of hydrogen-bond acceptors (Lipinski definition) is 6. The molecule has 2 heterocycles. The maximum absolute atomic E-state index is 14.1. The Kier molecular flexibility index (Phi) is 7.86. The number of pyridine rings is 1. The lowest BCUT2D eigenvalue weighted by molar-refractivity contribution is 0.0316. The minimum absolute atomic E-state index is 0.000227. The molecule has 208 valence electrons. The largest absolute Gasteiger partial charge is 0.491 e. The molecule has 1 saturated heterocycles. The summed E-state index contributed by atoms with van der Waals surface area (Å²) in [5, 5.41) is 11.8. The van der Waals surface area contributed by atoms with Crippen molar-refractivity contribution in [2.24, 2.45) is 0 Å². The zero-order chi connectivity index (χ0) is 27.8. The van der Waals surface area contributed by atoms with Crippen molar-refractivity contribution in [1.82, 2.24) is 19.9 Å². The van der Waals surface area contributed by atoms with Gasteiger partial charge in [-0.15, -0.1) is 0 Å². The van der Waals surface area contributed by atoms with Gasteiger partial charge in [-0.2, -0.15) is 0 Å². The van der Waals surface area contributed by atoms with Crippen LogP contribution >= 0.6 is 11.6 Å². The van der Waals surface area contributed by atoms with Gasteiger partial charge in [0, 0.05) is 56.8 Å². The molecule has 39 heavy (non-hydrogen) atoms. The highest BCUT2D eigenvalue weighted by Crippen LogP contribution is 2.41. The summed E-state index contributed by atoms with van der Waals surface area (Å²) >= 11 is 5.89. The molecule has 12 heteroatoms. The average Bonchev–Trinajstić information content (AvgIpc) is 3.63. The number of hydrazine groups is 1. The van der Waals surface area contributed by atoms with Crippen LogP contribution in [-0.2, 0) is 0 Å². The molecule has 2 fully saturated rings. The molecule has 2 aliphatic rings. The van der Waals surface area contributed by atoms with Gasteiger partial charge >= 0.3 is 0 Å². The molecule has 3 aromatic rings. The van der Waals surface area contributed by atoms with E-state index in [4.69, 9.17) is 16.3 Å². The third-order valence-electron chi connectivity index (χ3n) is 7.04. The number of amides is 1. The van der Waals surface area contributed by atoms with Crippen LogP contribution in [0.4, 0.5) is 13.2 Å². The fraction of sp³-hybridized carbons (Fsp3) is 0.407. The van der Waals surface area contributed by atoms with Crippen LogP contribution < -0.4 is 15.6 Å². The van der Waals surface area contributed by atoms with E-state index in [0.29, 0.717) is 44.0 Å². The van der Waals surface area contributed by atoms with E-state index in [9.17, 15) is 27.9 Å². The Hall–Kier alpha value is -3.12. The van der Waals surface area contributed by atoms with Crippen molar-refractivity contribution in [3.63, 3.8) is 0 Å². The Bertz CT molecular complexity index is 1460. The Balaban J connectivity index is 1.18. The number of aliphatic hydroxyl groups excluding tert-OH is 1. The topological polar surface area (TPSA) is 87.0 Å². The van der Waals surface area contributed by atoms with Gasteiger partial charge in [-0.1, -0.05) is 17.7 Å². The normalized spacial score (nSPS) is 20.7. The number of alkyl halides is 1. The predicted molar refractivity (Wildman–Crippen MR) is 140 cm³/mol. The van der Waals surface area contributed by atoms with Crippen LogP contribution in [0.1, 0.15) is 28.4 Å². The summed E-state index contributed by atoms with van der Waals surface area (Å²) in [6.45, 7) is 3.86. The van der Waals surface area contributed by atoms with Crippen LogP contribution in [0.2, 0.25) is 5.02 Å². The number of aromatic nitrogens is 1. The van der Waals surface area contributed by atoms with Crippen LogP contribution in [0.15, 0.2) is 41.3 Å². The monoisotopic (exact) mass is 564 g/mol. The van der Waals surface area contributed by atoms with E-state index < -0.39 is 35.5 Å². The van der Waals surface area contributed by atoms with Crippen molar-refractivity contribution in [2.45, 2.75) is 31.7 Å². The van der Waals surface area contributed by atoms with Gasteiger partial charge in [-0.05, 0) is 30.7 Å². The standard InChI is InChI=1S/C27H28ClF3N4O4/c1-15-2-3-17(8-21(15)29)39-14-16(36)12-33-4-6-34(7-5-33)32-27(38)19-13-35(25-11-23(25)31)24-10-20(28)22(30)9-18(24)26(19)37/h2-3,8-10,13,16,23,25,36H,4-7,11-12,14H2,1H3,(H,32,38)/t16-,23?,25?/m1/s1. The van der Waals surface area contributed by atoms with Gasteiger partial charge in [0.15, 0.2) is 0 Å². The second-order valence-corrected chi connectivity index (χ2v) is 10.4. The SMILES string of the molecule is Cc1ccc(OC[C@H](O)CN2CCN(NC(=O)c3cn(C4CC4F)c4cc(Cl)c(F)cc4c3=O)CC2)cc1F. The van der Waals surface area contributed by atoms with Crippen LogP contribution in [0.25, 0.3) is 10.9 Å². The zero-order valence-electron chi connectivity index (χ0n) is 21.2. The maximum Gasteiger partial charge on any atom is 0.271 e. The number of rotatable bonds is 8. The molecule has 2 aromatic carbocycles. The first-order chi connectivity index (χ1) is 18.6. The molecule has 8 nitrogen and oxygen atoms in total. The second-order valence-electron chi connectivity index (χ2n) is 9.99. The minimum Gasteiger partial charge on any atom is -0.491 e. The average molecular weight is 565 g/mol. The molecule has 1 aliphatic carbocycles. The first-order valence-corrected chi connectivity index (χ1v) is 13.0. The minimum atomic E-state index is -1.12. The van der Waals surface area contributed by atoms with Gasteiger partial charge in [0.05, 0.1) is 16.6 Å². The number of β-amino-alcohol motifs (C(OH)–C–C–N with tert-alkyl or cyclic N) is 1. The molecule has 3 atom stereocenters. The van der Waals surface area contributed by atoms with E-state index in [0.717, 1.165) is 6.07 Å². The van der Waals surface area contributed by atoms with E-state index in [-0.39, 0.29) is 40.3 Å². The third kappa shape index (κ3) is 6.06. The number of piperazine rings is 1. The highest BCUT2D eigenvalue weighted by Gasteiger charge is 2.40. The lowest BCUT2D eigenvalue weighted by atomic mass is 10.1. The number of halogens is 4. The van der Waals surface area contributed by atoms with Gasteiger partial charge in [0.2, 0.25) is 5.43 Å². The highest BCUT2D eigenvalue weighted by molar-refractivity contribution is 6.31. The van der Waals surface area contributed by atoms with Crippen LogP contribution in [-0.4, -0.2) is 77.1 Å². The first-order valence-electron chi connectivity index (χ1n) is 12.6. The van der Waals surface area contributed by atoms with Gasteiger partial charge in [0.1, 0.15) is 41.8 Å². The molecule has 1 aliphatic heterocycles. The molecule has 0 spiro atoms. The number of nitrogens with zero attached hydrogens (tertiary/aromatic N) is 3. The van der Waals surface area contributed by atoms with E-state index in [1.807, 2.05) is 4.90 Å². The summed E-state index contributed by atoms with van der Waals surface area (Å²) in [4.78, 5) is 28.1. The van der Waals surface area contributed by atoms with Gasteiger partial charge in [-0.3, -0.25) is 19.9 Å². The van der Waals surface area contributed by atoms with E-state index in [1.54, 1.807) is 24.1 Å². The molecular weight excluding hydrogens is 537 g/mol. The molecular formula is C27H28ClF3N4O4. The summed E-state index contributed by atoms with van der Waals surface area (Å²) < 4.78 is 48.7. The van der Waals surface area contributed by atoms with Gasteiger partial charge in [-0.25, -0.2) is 18.2 Å². The van der Waals surface area contributed by atoms with Gasteiger partial charge in [0.25, 0.3) is 5.91 Å². The number of aliphatic hydroxyl groups is 1. The second kappa shape index (κ2) is 11.2. The number of carbonyl (C=O) groups is 1. The van der Waals surface area contributed by atoms with Crippen molar-refractivity contribution in [3.05, 3.63) is 74.5 Å². The van der Waals surface area contributed by atoms with Gasteiger partial charge < -0.3 is 14.4 Å². The lowest BCUT2D eigenvalue weighted by Crippen LogP contribution is -2.55. The molecule has 1 aromatic heterocycles. The van der Waals surface area contributed by atoms with Crippen molar-refractivity contribution >= 4 is 28.4 Å². The molecule has 5 rings (SSSR count). The molecule has 0 radical (unpaired) electrons. The van der Waals surface area contributed by atoms with Crippen molar-refractivity contribution < 1.29 is 27.8 Å². The summed E-state index contributed by atoms with van der Waals surface area (Å²) in [5.74, 6) is -1.51. The summed E-state index contributed by atoms with van der Waals surface area (Å²) in [6.07, 6.45) is -0.385. The molecule has 0 bridgehead atoms. The Labute approximate surface area is 227 Å². The third-order valence-corrected chi connectivity index (χ3v) is 7.33. The number of nitrogens with one attached hydrogen (secondary N) is 1. The zero-order valence-corrected chi connectivity index (χ0v) is 21.9. The van der Waals surface area contributed by atoms with Crippen LogP contribution in [0.3, 0.4) is 0 Å². The number of ether oxygens (including phenoxy) is 1.